The van der Waals surface area contributed by atoms with Crippen LogP contribution in [0, 0.1) is 13.8 Å². The number of anilines is 1. The number of hydrogen-bond donors (Lipinski definition) is 2. The van der Waals surface area contributed by atoms with Gasteiger partial charge in [0.15, 0.2) is 0 Å². The van der Waals surface area contributed by atoms with Gasteiger partial charge in [0.1, 0.15) is 0 Å². The molecule has 1 saturated carbocycles. The van der Waals surface area contributed by atoms with Crippen LogP contribution in [0.1, 0.15) is 36.8 Å². The van der Waals surface area contributed by atoms with Crippen molar-refractivity contribution in [3.63, 3.8) is 0 Å². The first-order valence-electron chi connectivity index (χ1n) is 7.74. The van der Waals surface area contributed by atoms with Crippen molar-refractivity contribution in [1.29, 1.82) is 0 Å². The van der Waals surface area contributed by atoms with Crippen LogP contribution in [0.5, 0.6) is 0 Å². The average molecular weight is 303 g/mol. The Morgan fingerprint density at radius 1 is 1.27 bits per heavy atom. The molecular formula is C17H25N3O2. The average Bonchev–Trinajstić information content (AvgIpc) is 2.91. The number of benzene rings is 1. The molecule has 0 bridgehead atoms. The minimum Gasteiger partial charge on any atom is -0.335 e. The van der Waals surface area contributed by atoms with E-state index < -0.39 is 5.54 Å². The van der Waals surface area contributed by atoms with Crippen LogP contribution >= 0.6 is 0 Å². The summed E-state index contributed by atoms with van der Waals surface area (Å²) in [6.45, 7) is 3.98. The fraction of sp³-hybridized carbons (Fsp3) is 0.529. The van der Waals surface area contributed by atoms with Gasteiger partial charge >= 0.3 is 0 Å². The molecule has 22 heavy (non-hydrogen) atoms. The van der Waals surface area contributed by atoms with Crippen molar-refractivity contribution in [2.24, 2.45) is 5.73 Å². The van der Waals surface area contributed by atoms with Crippen LogP contribution in [-0.4, -0.2) is 35.8 Å². The Balaban J connectivity index is 1.97. The Kier molecular flexibility index (Phi) is 4.86. The number of carbonyl (C=O) groups is 2. The lowest BCUT2D eigenvalue weighted by molar-refractivity contribution is -0.138. The summed E-state index contributed by atoms with van der Waals surface area (Å²) in [4.78, 5) is 26.0. The maximum absolute atomic E-state index is 12.4. The number of nitrogens with zero attached hydrogens (tertiary/aromatic N) is 1. The van der Waals surface area contributed by atoms with Gasteiger partial charge in [0.25, 0.3) is 0 Å². The van der Waals surface area contributed by atoms with Gasteiger partial charge in [-0.1, -0.05) is 25.0 Å². The summed E-state index contributed by atoms with van der Waals surface area (Å²) in [5.74, 6) is -0.340. The predicted molar refractivity (Wildman–Crippen MR) is 87.6 cm³/mol. The Labute approximate surface area is 131 Å². The molecule has 1 aromatic rings. The molecule has 0 atom stereocenters. The van der Waals surface area contributed by atoms with Crippen molar-refractivity contribution in [2.45, 2.75) is 45.1 Å². The van der Waals surface area contributed by atoms with Gasteiger partial charge in [-0.05, 0) is 43.9 Å². The summed E-state index contributed by atoms with van der Waals surface area (Å²) in [5, 5.41) is 2.87. The van der Waals surface area contributed by atoms with Crippen molar-refractivity contribution in [3.05, 3.63) is 29.3 Å². The highest BCUT2D eigenvalue weighted by atomic mass is 16.2. The molecule has 1 aliphatic rings. The monoisotopic (exact) mass is 303 g/mol. The third-order valence-electron chi connectivity index (χ3n) is 4.53. The summed E-state index contributed by atoms with van der Waals surface area (Å²) in [6, 6.07) is 5.77. The van der Waals surface area contributed by atoms with Crippen molar-refractivity contribution in [3.8, 4) is 0 Å². The maximum atomic E-state index is 12.4. The van der Waals surface area contributed by atoms with Gasteiger partial charge in [-0.2, -0.15) is 0 Å². The number of aryl methyl sites for hydroxylation is 1. The van der Waals surface area contributed by atoms with Crippen LogP contribution in [0.25, 0.3) is 0 Å². The molecule has 0 aliphatic heterocycles. The minimum absolute atomic E-state index is 0.0190. The molecule has 0 saturated heterocycles. The Morgan fingerprint density at radius 2 is 1.91 bits per heavy atom. The largest absolute Gasteiger partial charge is 0.335 e. The standard InChI is InChI=1S/C17H25N3O2/c1-12-7-6-8-14(13(12)2)19-15(21)11-20(3)16(22)17(18)9-4-5-10-17/h6-8H,4-5,9-11,18H2,1-3H3,(H,19,21). The minimum atomic E-state index is -0.783. The number of amides is 2. The molecule has 0 unspecified atom stereocenters. The molecule has 2 amide bonds. The summed E-state index contributed by atoms with van der Waals surface area (Å²) >= 11 is 0. The van der Waals surface area contributed by atoms with Crippen LogP contribution in [0.2, 0.25) is 0 Å². The second-order valence-electron chi connectivity index (χ2n) is 6.32. The highest BCUT2D eigenvalue weighted by molar-refractivity contribution is 5.96. The fourth-order valence-electron chi connectivity index (χ4n) is 2.96. The van der Waals surface area contributed by atoms with Crippen LogP contribution < -0.4 is 11.1 Å². The van der Waals surface area contributed by atoms with E-state index in [4.69, 9.17) is 5.73 Å². The molecule has 0 spiro atoms. The molecule has 1 aliphatic carbocycles. The zero-order chi connectivity index (χ0) is 16.3. The molecule has 0 radical (unpaired) electrons. The van der Waals surface area contributed by atoms with E-state index >= 15 is 0 Å². The van der Waals surface area contributed by atoms with E-state index in [1.165, 1.54) is 4.90 Å². The molecule has 0 aromatic heterocycles. The third kappa shape index (κ3) is 3.47. The Bertz CT molecular complexity index is 577. The van der Waals surface area contributed by atoms with Gasteiger partial charge in [-0.15, -0.1) is 0 Å². The predicted octanol–water partition coefficient (Wildman–Crippen LogP) is 1.97. The van der Waals surface area contributed by atoms with Gasteiger partial charge in [0.05, 0.1) is 12.1 Å². The molecule has 1 aromatic carbocycles. The molecule has 5 heteroatoms. The zero-order valence-electron chi connectivity index (χ0n) is 13.6. The summed E-state index contributed by atoms with van der Waals surface area (Å²) in [6.07, 6.45) is 3.36. The van der Waals surface area contributed by atoms with E-state index in [1.807, 2.05) is 32.0 Å². The third-order valence-corrected chi connectivity index (χ3v) is 4.53. The van der Waals surface area contributed by atoms with Crippen molar-refractivity contribution in [2.75, 3.05) is 18.9 Å². The molecule has 1 fully saturated rings. The Hall–Kier alpha value is -1.88. The lowest BCUT2D eigenvalue weighted by Gasteiger charge is -2.28. The number of hydrogen-bond acceptors (Lipinski definition) is 3. The zero-order valence-corrected chi connectivity index (χ0v) is 13.6. The van der Waals surface area contributed by atoms with Crippen molar-refractivity contribution >= 4 is 17.5 Å². The lowest BCUT2D eigenvalue weighted by atomic mass is 9.97. The molecular weight excluding hydrogens is 278 g/mol. The van der Waals surface area contributed by atoms with Gasteiger partial charge in [0, 0.05) is 12.7 Å². The first-order chi connectivity index (χ1) is 10.3. The highest BCUT2D eigenvalue weighted by Crippen LogP contribution is 2.28. The number of nitrogens with two attached hydrogens (primary N) is 1. The van der Waals surface area contributed by atoms with Crippen LogP contribution in [0.4, 0.5) is 5.69 Å². The molecule has 120 valence electrons. The van der Waals surface area contributed by atoms with Gasteiger partial charge < -0.3 is 16.0 Å². The number of rotatable bonds is 4. The first-order valence-corrected chi connectivity index (χ1v) is 7.74. The Morgan fingerprint density at radius 3 is 2.55 bits per heavy atom. The van der Waals surface area contributed by atoms with Crippen molar-refractivity contribution in [1.82, 2.24) is 4.90 Å². The second kappa shape index (κ2) is 6.48. The van der Waals surface area contributed by atoms with Gasteiger partial charge in [-0.3, -0.25) is 9.59 Å². The fourth-order valence-corrected chi connectivity index (χ4v) is 2.96. The van der Waals surface area contributed by atoms with Crippen LogP contribution in [0.15, 0.2) is 18.2 Å². The topological polar surface area (TPSA) is 75.4 Å². The highest BCUT2D eigenvalue weighted by Gasteiger charge is 2.39. The van der Waals surface area contributed by atoms with Gasteiger partial charge in [-0.25, -0.2) is 0 Å². The summed E-state index contributed by atoms with van der Waals surface area (Å²) < 4.78 is 0. The number of likely N-dealkylation sites (N-methyl/N-ethyl adjacent to an activating group) is 1. The van der Waals surface area contributed by atoms with Crippen LogP contribution in [-0.2, 0) is 9.59 Å². The smallest absolute Gasteiger partial charge is 0.243 e. The first kappa shape index (κ1) is 16.5. The van der Waals surface area contributed by atoms with E-state index in [0.717, 1.165) is 29.7 Å². The van der Waals surface area contributed by atoms with E-state index in [0.29, 0.717) is 12.8 Å². The number of carbonyl (C=O) groups excluding carboxylic acids is 2. The quantitative estimate of drug-likeness (QED) is 0.893. The second-order valence-corrected chi connectivity index (χ2v) is 6.32. The lowest BCUT2D eigenvalue weighted by Crippen LogP contribution is -2.53. The molecule has 3 N–H and O–H groups in total. The SMILES string of the molecule is Cc1cccc(NC(=O)CN(C)C(=O)C2(N)CCCC2)c1C. The van der Waals surface area contributed by atoms with Crippen molar-refractivity contribution < 1.29 is 9.59 Å². The molecule has 0 heterocycles. The van der Waals surface area contributed by atoms with E-state index in [1.54, 1.807) is 7.05 Å². The van der Waals surface area contributed by atoms with E-state index in [2.05, 4.69) is 5.32 Å². The van der Waals surface area contributed by atoms with E-state index in [-0.39, 0.29) is 18.4 Å². The molecule has 5 nitrogen and oxygen atoms in total. The molecule has 2 rings (SSSR count). The van der Waals surface area contributed by atoms with E-state index in [9.17, 15) is 9.59 Å². The normalized spacial score (nSPS) is 16.4. The summed E-state index contributed by atoms with van der Waals surface area (Å²) in [5.41, 5.74) is 8.31. The maximum Gasteiger partial charge on any atom is 0.243 e. The summed E-state index contributed by atoms with van der Waals surface area (Å²) in [7, 11) is 1.64. The van der Waals surface area contributed by atoms with Crippen LogP contribution in [0.3, 0.4) is 0 Å². The number of nitrogens with one attached hydrogen (secondary N) is 1. The van der Waals surface area contributed by atoms with Gasteiger partial charge in [0.2, 0.25) is 11.8 Å².